The summed E-state index contributed by atoms with van der Waals surface area (Å²) < 4.78 is 22.8. The highest BCUT2D eigenvalue weighted by atomic mass is 31.2. The topological polar surface area (TPSA) is 226 Å². The second kappa shape index (κ2) is 34.6. The molecule has 0 saturated heterocycles. The minimum Gasteiger partial charge on any atom is -0.393 e. The number of phosphoric ester groups is 1. The lowest BCUT2D eigenvalue weighted by molar-refractivity contribution is -0.220. The van der Waals surface area contributed by atoms with Crippen molar-refractivity contribution < 1.29 is 59.0 Å². The van der Waals surface area contributed by atoms with E-state index >= 15 is 0 Å². The highest BCUT2D eigenvalue weighted by molar-refractivity contribution is 7.47. The van der Waals surface area contributed by atoms with Crippen LogP contribution in [0.5, 0.6) is 0 Å². The van der Waals surface area contributed by atoms with Crippen LogP contribution in [0.2, 0.25) is 0 Å². The van der Waals surface area contributed by atoms with Gasteiger partial charge >= 0.3 is 7.82 Å². The van der Waals surface area contributed by atoms with Crippen molar-refractivity contribution in [2.75, 3.05) is 6.61 Å². The van der Waals surface area contributed by atoms with E-state index in [4.69, 9.17) is 9.05 Å². The number of unbranched alkanes of at least 4 members (excludes halogenated alkanes) is 15. The number of rotatable bonds is 35. The van der Waals surface area contributed by atoms with Gasteiger partial charge in [0.2, 0.25) is 5.91 Å². The lowest BCUT2D eigenvalue weighted by Gasteiger charge is -2.41. The Bertz CT molecular complexity index is 1240. The fourth-order valence-electron chi connectivity index (χ4n) is 6.61. The largest absolute Gasteiger partial charge is 0.472 e. The standard InChI is InChI=1S/C45H80NO12P/c1-3-5-7-9-11-13-15-17-18-19-21-23-25-27-29-31-33-38(48)37(35-57-59(55,56)58-45-43(53)41(51)40(50)42(52)44(45)54)46-39(49)34-36(47)32-30-28-26-24-22-20-16-14-12-10-8-6-4-2/h12,14,16-18,20,23,25,31,33,36-38,40-45,47-48,50-54H,3-11,13,15,19,21-22,24,26-30,32,34-35H2,1-2H3,(H,46,49)(H,55,56)/b14-12-,18-17+,20-16-,25-23+,33-31+. The number of amides is 1. The van der Waals surface area contributed by atoms with Crippen molar-refractivity contribution in [1.82, 2.24) is 5.32 Å². The molecule has 9 N–H and O–H groups in total. The van der Waals surface area contributed by atoms with E-state index in [9.17, 15) is 50.0 Å². The van der Waals surface area contributed by atoms with E-state index < -0.39 is 75.2 Å². The van der Waals surface area contributed by atoms with E-state index in [1.807, 2.05) is 6.08 Å². The van der Waals surface area contributed by atoms with Gasteiger partial charge < -0.3 is 46.0 Å². The van der Waals surface area contributed by atoms with Gasteiger partial charge in [0.1, 0.15) is 36.6 Å². The fraction of sp³-hybridized carbons (Fsp3) is 0.756. The van der Waals surface area contributed by atoms with E-state index in [-0.39, 0.29) is 6.42 Å². The highest BCUT2D eigenvalue weighted by Gasteiger charge is 2.51. The van der Waals surface area contributed by atoms with Crippen LogP contribution >= 0.6 is 7.82 Å². The summed E-state index contributed by atoms with van der Waals surface area (Å²) in [6.07, 6.45) is 27.4. The summed E-state index contributed by atoms with van der Waals surface area (Å²) in [4.78, 5) is 23.4. The van der Waals surface area contributed by atoms with Crippen molar-refractivity contribution >= 4 is 13.7 Å². The summed E-state index contributed by atoms with van der Waals surface area (Å²) in [5.74, 6) is -0.623. The van der Waals surface area contributed by atoms with Gasteiger partial charge in [-0.05, 0) is 70.6 Å². The molecule has 0 radical (unpaired) electrons. The molecule has 0 aromatic heterocycles. The number of carbonyl (C=O) groups is 1. The molecule has 8 unspecified atom stereocenters. The van der Waals surface area contributed by atoms with Crippen LogP contribution in [0, 0.1) is 0 Å². The smallest absolute Gasteiger partial charge is 0.393 e. The maximum atomic E-state index is 13.0. The number of aliphatic hydroxyl groups is 7. The summed E-state index contributed by atoms with van der Waals surface area (Å²) in [6.45, 7) is 3.65. The number of hydrogen-bond donors (Lipinski definition) is 9. The summed E-state index contributed by atoms with van der Waals surface area (Å²) in [7, 11) is -5.16. The molecule has 1 aliphatic rings. The van der Waals surface area contributed by atoms with E-state index in [2.05, 4.69) is 61.7 Å². The molecular weight excluding hydrogens is 777 g/mol. The second-order valence-corrected chi connectivity index (χ2v) is 17.1. The Labute approximate surface area is 354 Å². The van der Waals surface area contributed by atoms with Crippen LogP contribution in [-0.4, -0.2) is 108 Å². The van der Waals surface area contributed by atoms with Gasteiger partial charge in [-0.2, -0.15) is 0 Å². The van der Waals surface area contributed by atoms with Crippen molar-refractivity contribution in [2.24, 2.45) is 0 Å². The molecule has 0 aliphatic heterocycles. The molecule has 0 aromatic rings. The molecule has 0 aromatic carbocycles. The van der Waals surface area contributed by atoms with Crippen molar-refractivity contribution in [3.63, 3.8) is 0 Å². The number of aliphatic hydroxyl groups excluding tert-OH is 7. The number of carbonyl (C=O) groups excluding carboxylic acids is 1. The first kappa shape index (κ1) is 55.0. The van der Waals surface area contributed by atoms with Crippen LogP contribution in [0.1, 0.15) is 155 Å². The molecule has 342 valence electrons. The molecule has 13 nitrogen and oxygen atoms in total. The molecule has 1 fully saturated rings. The monoisotopic (exact) mass is 858 g/mol. The van der Waals surface area contributed by atoms with E-state index in [0.717, 1.165) is 57.8 Å². The van der Waals surface area contributed by atoms with Crippen LogP contribution in [-0.2, 0) is 18.4 Å². The summed E-state index contributed by atoms with van der Waals surface area (Å²) in [5, 5.41) is 74.3. The third kappa shape index (κ3) is 26.8. The minimum atomic E-state index is -5.16. The summed E-state index contributed by atoms with van der Waals surface area (Å²) >= 11 is 0. The van der Waals surface area contributed by atoms with Crippen LogP contribution < -0.4 is 5.32 Å². The molecule has 1 saturated carbocycles. The van der Waals surface area contributed by atoms with Gasteiger partial charge in [-0.25, -0.2) is 4.57 Å². The average Bonchev–Trinajstić information content (AvgIpc) is 3.21. The van der Waals surface area contributed by atoms with Crippen molar-refractivity contribution in [1.29, 1.82) is 0 Å². The average molecular weight is 858 g/mol. The third-order valence-corrected chi connectivity index (χ3v) is 11.3. The summed E-state index contributed by atoms with van der Waals surface area (Å²) in [6, 6.07) is -1.27. The first-order valence-corrected chi connectivity index (χ1v) is 23.8. The number of nitrogens with one attached hydrogen (secondary N) is 1. The SMILES string of the molecule is CCCCC/C=C\C=C/CCCCCCC(O)CC(=O)NC(COP(=O)(O)OC1C(O)C(O)C(O)C(O)C1O)C(O)/C=C/CC/C=C/CC/C=C/CCCCCCCC. The Morgan fingerprint density at radius 1 is 0.610 bits per heavy atom. The van der Waals surface area contributed by atoms with Crippen LogP contribution in [0.4, 0.5) is 0 Å². The lowest BCUT2D eigenvalue weighted by atomic mass is 9.85. The fourth-order valence-corrected chi connectivity index (χ4v) is 7.58. The first-order chi connectivity index (χ1) is 28.3. The maximum absolute atomic E-state index is 13.0. The Balaban J connectivity index is 2.65. The Kier molecular flexibility index (Phi) is 32.2. The molecule has 8 atom stereocenters. The van der Waals surface area contributed by atoms with Gasteiger partial charge in [0.05, 0.1) is 31.3 Å². The van der Waals surface area contributed by atoms with Gasteiger partial charge in [0.15, 0.2) is 0 Å². The van der Waals surface area contributed by atoms with Crippen molar-refractivity contribution in [2.45, 2.75) is 210 Å². The Hall–Kier alpha value is -2.00. The number of phosphoric acid groups is 1. The van der Waals surface area contributed by atoms with E-state index in [0.29, 0.717) is 19.3 Å². The lowest BCUT2D eigenvalue weighted by Crippen LogP contribution is -2.64. The van der Waals surface area contributed by atoms with E-state index in [1.165, 1.54) is 63.9 Å². The van der Waals surface area contributed by atoms with Crippen molar-refractivity contribution in [3.8, 4) is 0 Å². The molecule has 59 heavy (non-hydrogen) atoms. The van der Waals surface area contributed by atoms with Gasteiger partial charge in [-0.1, -0.05) is 139 Å². The summed E-state index contributed by atoms with van der Waals surface area (Å²) in [5.41, 5.74) is 0. The van der Waals surface area contributed by atoms with Gasteiger partial charge in [0, 0.05) is 0 Å². The second-order valence-electron chi connectivity index (χ2n) is 15.7. The predicted octanol–water partition coefficient (Wildman–Crippen LogP) is 6.92. The third-order valence-electron chi connectivity index (χ3n) is 10.3. The molecule has 0 spiro atoms. The quantitative estimate of drug-likeness (QED) is 0.0137. The van der Waals surface area contributed by atoms with Crippen LogP contribution in [0.3, 0.4) is 0 Å². The maximum Gasteiger partial charge on any atom is 0.472 e. The van der Waals surface area contributed by atoms with Gasteiger partial charge in [-0.15, -0.1) is 0 Å². The van der Waals surface area contributed by atoms with Crippen LogP contribution in [0.25, 0.3) is 0 Å². The normalized spacial score (nSPS) is 24.2. The first-order valence-electron chi connectivity index (χ1n) is 22.3. The predicted molar refractivity (Wildman–Crippen MR) is 233 cm³/mol. The molecular formula is C45H80NO12P. The molecule has 1 aliphatic carbocycles. The molecule has 1 amide bonds. The molecule has 1 rings (SSSR count). The highest BCUT2D eigenvalue weighted by Crippen LogP contribution is 2.47. The zero-order chi connectivity index (χ0) is 43.7. The zero-order valence-electron chi connectivity index (χ0n) is 35.9. The number of allylic oxidation sites excluding steroid dienone is 9. The van der Waals surface area contributed by atoms with E-state index in [1.54, 1.807) is 6.08 Å². The Morgan fingerprint density at radius 3 is 1.63 bits per heavy atom. The minimum absolute atomic E-state index is 0.273. The van der Waals surface area contributed by atoms with Gasteiger partial charge in [0.25, 0.3) is 0 Å². The zero-order valence-corrected chi connectivity index (χ0v) is 36.8. The molecule has 14 heteroatoms. The molecule has 0 bridgehead atoms. The van der Waals surface area contributed by atoms with Crippen molar-refractivity contribution in [3.05, 3.63) is 60.8 Å². The van der Waals surface area contributed by atoms with Crippen LogP contribution in [0.15, 0.2) is 60.8 Å². The van der Waals surface area contributed by atoms with Gasteiger partial charge in [-0.3, -0.25) is 13.8 Å². The Morgan fingerprint density at radius 2 is 1.05 bits per heavy atom. The molecule has 0 heterocycles. The number of hydrogen-bond acceptors (Lipinski definition) is 11.